The lowest BCUT2D eigenvalue weighted by Crippen LogP contribution is -2.87. The van der Waals surface area contributed by atoms with Gasteiger partial charge in [0.15, 0.2) is 6.04 Å². The molecule has 0 bridgehead atoms. The SMILES string of the molecule is Cc1ccc(C)c(NC(=O)[C@@H]([NH2+][C@H](C)c2ccc(F)cc2F)c2ccccc2)c1. The first-order valence-electron chi connectivity index (χ1n) is 9.58. The van der Waals surface area contributed by atoms with Gasteiger partial charge in [0, 0.05) is 22.9 Å². The highest BCUT2D eigenvalue weighted by molar-refractivity contribution is 5.95. The van der Waals surface area contributed by atoms with Gasteiger partial charge in [0.1, 0.15) is 17.7 Å². The van der Waals surface area contributed by atoms with Crippen LogP contribution in [0.1, 0.15) is 41.3 Å². The van der Waals surface area contributed by atoms with Crippen molar-refractivity contribution >= 4 is 11.6 Å². The van der Waals surface area contributed by atoms with Gasteiger partial charge in [0.05, 0.1) is 0 Å². The number of halogens is 2. The molecule has 150 valence electrons. The van der Waals surface area contributed by atoms with Crippen molar-refractivity contribution in [2.45, 2.75) is 32.9 Å². The molecule has 0 unspecified atom stereocenters. The normalized spacial score (nSPS) is 13.0. The minimum Gasteiger partial charge on any atom is -0.326 e. The fourth-order valence-electron chi connectivity index (χ4n) is 3.35. The average molecular weight is 395 g/mol. The molecule has 3 nitrogen and oxygen atoms in total. The van der Waals surface area contributed by atoms with Crippen LogP contribution in [0.4, 0.5) is 14.5 Å². The van der Waals surface area contributed by atoms with Crippen LogP contribution in [0.2, 0.25) is 0 Å². The van der Waals surface area contributed by atoms with Crippen LogP contribution in [0.25, 0.3) is 0 Å². The monoisotopic (exact) mass is 395 g/mol. The highest BCUT2D eigenvalue weighted by Crippen LogP contribution is 2.20. The van der Waals surface area contributed by atoms with Gasteiger partial charge >= 0.3 is 0 Å². The lowest BCUT2D eigenvalue weighted by Gasteiger charge is -2.21. The first kappa shape index (κ1) is 20.7. The summed E-state index contributed by atoms with van der Waals surface area (Å²) in [7, 11) is 0. The van der Waals surface area contributed by atoms with E-state index in [9.17, 15) is 13.6 Å². The van der Waals surface area contributed by atoms with Crippen LogP contribution in [0.15, 0.2) is 66.7 Å². The Morgan fingerprint density at radius 2 is 1.69 bits per heavy atom. The van der Waals surface area contributed by atoms with E-state index in [1.807, 2.05) is 62.4 Å². The molecule has 0 saturated carbocycles. The van der Waals surface area contributed by atoms with Crippen molar-refractivity contribution in [1.82, 2.24) is 0 Å². The zero-order valence-corrected chi connectivity index (χ0v) is 16.7. The Balaban J connectivity index is 1.88. The second-order valence-electron chi connectivity index (χ2n) is 7.34. The Labute approximate surface area is 169 Å². The summed E-state index contributed by atoms with van der Waals surface area (Å²) in [6.07, 6.45) is 0. The van der Waals surface area contributed by atoms with E-state index in [1.165, 1.54) is 12.1 Å². The second-order valence-corrected chi connectivity index (χ2v) is 7.34. The Bertz CT molecular complexity index is 1010. The standard InChI is InChI=1S/C24H24F2N2O/c1-15-9-10-16(2)22(13-15)28-24(29)23(18-7-5-4-6-8-18)27-17(3)20-12-11-19(25)14-21(20)26/h4-14,17,23,27H,1-3H3,(H,28,29)/p+1/t17-,23+/m1/s1. The molecule has 5 heteroatoms. The molecule has 0 spiro atoms. The number of benzene rings is 3. The number of quaternary nitrogens is 1. The van der Waals surface area contributed by atoms with E-state index in [-0.39, 0.29) is 11.9 Å². The molecule has 1 amide bonds. The number of anilines is 1. The lowest BCUT2D eigenvalue weighted by molar-refractivity contribution is -0.719. The molecule has 0 aliphatic carbocycles. The molecule has 29 heavy (non-hydrogen) atoms. The summed E-state index contributed by atoms with van der Waals surface area (Å²) < 4.78 is 27.5. The highest BCUT2D eigenvalue weighted by Gasteiger charge is 2.28. The van der Waals surface area contributed by atoms with Gasteiger partial charge in [-0.1, -0.05) is 42.5 Å². The molecule has 0 heterocycles. The zero-order chi connectivity index (χ0) is 21.0. The molecular formula is C24H25F2N2O+. The first-order chi connectivity index (χ1) is 13.8. The number of rotatable bonds is 6. The quantitative estimate of drug-likeness (QED) is 0.630. The van der Waals surface area contributed by atoms with Crippen LogP contribution >= 0.6 is 0 Å². The smallest absolute Gasteiger partial charge is 0.287 e. The minimum atomic E-state index is -0.620. The fourth-order valence-corrected chi connectivity index (χ4v) is 3.35. The van der Waals surface area contributed by atoms with E-state index in [4.69, 9.17) is 0 Å². The van der Waals surface area contributed by atoms with Crippen LogP contribution in [0.3, 0.4) is 0 Å². The number of hydrogen-bond donors (Lipinski definition) is 2. The van der Waals surface area contributed by atoms with Gasteiger partial charge in [-0.15, -0.1) is 0 Å². The summed E-state index contributed by atoms with van der Waals surface area (Å²) >= 11 is 0. The molecule has 3 aromatic carbocycles. The van der Waals surface area contributed by atoms with Gasteiger partial charge < -0.3 is 10.6 Å². The molecule has 3 aromatic rings. The Kier molecular flexibility index (Phi) is 6.39. The third-order valence-electron chi connectivity index (χ3n) is 5.03. The number of amides is 1. The topological polar surface area (TPSA) is 45.7 Å². The van der Waals surface area contributed by atoms with Crippen molar-refractivity contribution in [2.75, 3.05) is 5.32 Å². The molecule has 3 N–H and O–H groups in total. The second kappa shape index (κ2) is 8.97. The van der Waals surface area contributed by atoms with Gasteiger partial charge in [-0.05, 0) is 50.1 Å². The summed E-state index contributed by atoms with van der Waals surface area (Å²) in [5, 5.41) is 4.80. The van der Waals surface area contributed by atoms with Crippen LogP contribution in [-0.4, -0.2) is 5.91 Å². The largest absolute Gasteiger partial charge is 0.326 e. The van der Waals surface area contributed by atoms with Crippen molar-refractivity contribution < 1.29 is 18.9 Å². The highest BCUT2D eigenvalue weighted by atomic mass is 19.1. The molecule has 0 aliphatic heterocycles. The van der Waals surface area contributed by atoms with Crippen LogP contribution < -0.4 is 10.6 Å². The first-order valence-corrected chi connectivity index (χ1v) is 9.58. The van der Waals surface area contributed by atoms with E-state index >= 15 is 0 Å². The van der Waals surface area contributed by atoms with E-state index < -0.39 is 17.7 Å². The summed E-state index contributed by atoms with van der Waals surface area (Å²) in [6, 6.07) is 17.8. The van der Waals surface area contributed by atoms with Crippen molar-refractivity contribution in [3.63, 3.8) is 0 Å². The summed E-state index contributed by atoms with van der Waals surface area (Å²) in [4.78, 5) is 13.2. The molecular weight excluding hydrogens is 370 g/mol. The maximum absolute atomic E-state index is 14.2. The van der Waals surface area contributed by atoms with Crippen molar-refractivity contribution in [3.05, 3.63) is 101 Å². The maximum Gasteiger partial charge on any atom is 0.287 e. The van der Waals surface area contributed by atoms with Crippen LogP contribution in [0.5, 0.6) is 0 Å². The zero-order valence-electron chi connectivity index (χ0n) is 16.7. The van der Waals surface area contributed by atoms with Gasteiger partial charge in [-0.2, -0.15) is 0 Å². The van der Waals surface area contributed by atoms with Crippen molar-refractivity contribution in [2.24, 2.45) is 0 Å². The lowest BCUT2D eigenvalue weighted by atomic mass is 10.0. The van der Waals surface area contributed by atoms with Gasteiger partial charge in [-0.3, -0.25) is 4.79 Å². The van der Waals surface area contributed by atoms with E-state index in [0.717, 1.165) is 28.4 Å². The Morgan fingerprint density at radius 1 is 0.966 bits per heavy atom. The maximum atomic E-state index is 14.2. The molecule has 0 saturated heterocycles. The average Bonchev–Trinajstić information content (AvgIpc) is 2.69. The third-order valence-corrected chi connectivity index (χ3v) is 5.03. The molecule has 0 aromatic heterocycles. The van der Waals surface area contributed by atoms with E-state index in [1.54, 1.807) is 12.2 Å². The number of hydrogen-bond acceptors (Lipinski definition) is 1. The summed E-state index contributed by atoms with van der Waals surface area (Å²) in [5.41, 5.74) is 3.93. The van der Waals surface area contributed by atoms with Gasteiger partial charge in [0.2, 0.25) is 0 Å². The molecule has 3 rings (SSSR count). The third kappa shape index (κ3) is 5.06. The van der Waals surface area contributed by atoms with Gasteiger partial charge in [0.25, 0.3) is 5.91 Å². The number of carbonyl (C=O) groups excluding carboxylic acids is 1. The molecule has 0 aliphatic rings. The Hall–Kier alpha value is -3.05. The minimum absolute atomic E-state index is 0.195. The summed E-state index contributed by atoms with van der Waals surface area (Å²) in [5.74, 6) is -1.43. The van der Waals surface area contributed by atoms with Crippen LogP contribution in [0, 0.1) is 25.5 Å². The van der Waals surface area contributed by atoms with Crippen molar-refractivity contribution in [3.8, 4) is 0 Å². The number of nitrogens with one attached hydrogen (secondary N) is 1. The molecule has 0 radical (unpaired) electrons. The van der Waals surface area contributed by atoms with E-state index in [2.05, 4.69) is 5.32 Å². The number of carbonyl (C=O) groups is 1. The van der Waals surface area contributed by atoms with E-state index in [0.29, 0.717) is 5.56 Å². The van der Waals surface area contributed by atoms with Crippen molar-refractivity contribution in [1.29, 1.82) is 0 Å². The molecule has 0 fully saturated rings. The van der Waals surface area contributed by atoms with Crippen LogP contribution in [-0.2, 0) is 4.79 Å². The predicted molar refractivity (Wildman–Crippen MR) is 110 cm³/mol. The fraction of sp³-hybridized carbons (Fsp3) is 0.208. The number of aryl methyl sites for hydroxylation is 2. The molecule has 2 atom stereocenters. The summed E-state index contributed by atoms with van der Waals surface area (Å²) in [6.45, 7) is 5.71. The van der Waals surface area contributed by atoms with Gasteiger partial charge in [-0.25, -0.2) is 8.78 Å². The number of nitrogens with two attached hydrogens (primary N) is 1. The predicted octanol–water partition coefficient (Wildman–Crippen LogP) is 4.59. The Morgan fingerprint density at radius 3 is 2.38 bits per heavy atom.